The van der Waals surface area contributed by atoms with E-state index in [1.807, 2.05) is 34.6 Å². The first-order chi connectivity index (χ1) is 10.1. The summed E-state index contributed by atoms with van der Waals surface area (Å²) >= 11 is 0. The molecule has 1 aliphatic heterocycles. The Kier molecular flexibility index (Phi) is 4.12. The van der Waals surface area contributed by atoms with Crippen LogP contribution in [0.3, 0.4) is 0 Å². The number of aromatic nitrogens is 3. The summed E-state index contributed by atoms with van der Waals surface area (Å²) in [5.41, 5.74) is -1.06. The third-order valence-electron chi connectivity index (χ3n) is 3.42. The first-order valence-electron chi connectivity index (χ1n) is 7.25. The molecule has 122 valence electrons. The highest BCUT2D eigenvalue weighted by atomic mass is 16.6. The maximum Gasteiger partial charge on any atom is 0.410 e. The lowest BCUT2D eigenvalue weighted by Gasteiger charge is -2.46. The molecule has 2 amide bonds. The summed E-state index contributed by atoms with van der Waals surface area (Å²) < 4.78 is 5.44. The smallest absolute Gasteiger partial charge is 0.410 e. The van der Waals surface area contributed by atoms with Crippen molar-refractivity contribution in [2.24, 2.45) is 0 Å². The van der Waals surface area contributed by atoms with Gasteiger partial charge in [0.25, 0.3) is 5.91 Å². The van der Waals surface area contributed by atoms with Crippen molar-refractivity contribution in [2.45, 2.75) is 45.8 Å². The van der Waals surface area contributed by atoms with Gasteiger partial charge in [-0.2, -0.15) is 5.10 Å². The first-order valence-corrected chi connectivity index (χ1v) is 7.25. The zero-order valence-electron chi connectivity index (χ0n) is 13.7. The number of piperazine rings is 1. The van der Waals surface area contributed by atoms with Crippen molar-refractivity contribution in [3.8, 4) is 0 Å². The summed E-state index contributed by atoms with van der Waals surface area (Å²) in [6, 6.07) is 0. The van der Waals surface area contributed by atoms with Crippen molar-refractivity contribution in [3.63, 3.8) is 0 Å². The van der Waals surface area contributed by atoms with E-state index >= 15 is 0 Å². The molecule has 0 unspecified atom stereocenters. The standard InChI is InChI=1S/C14H23N5O3/c1-13(2,3)22-12(21)19-7-6-18(8-14(19,4)5)11(20)10-15-9-16-17-10/h9H,6-8H2,1-5H3,(H,15,16,17). The van der Waals surface area contributed by atoms with Gasteiger partial charge in [-0.25, -0.2) is 9.78 Å². The van der Waals surface area contributed by atoms with Gasteiger partial charge in [0.05, 0.1) is 5.54 Å². The summed E-state index contributed by atoms with van der Waals surface area (Å²) in [5, 5.41) is 6.26. The summed E-state index contributed by atoms with van der Waals surface area (Å²) in [5.74, 6) is -0.00377. The number of amides is 2. The number of hydrogen-bond donors (Lipinski definition) is 1. The lowest BCUT2D eigenvalue weighted by Crippen LogP contribution is -2.62. The highest BCUT2D eigenvalue weighted by molar-refractivity contribution is 5.90. The van der Waals surface area contributed by atoms with Crippen molar-refractivity contribution in [3.05, 3.63) is 12.2 Å². The third kappa shape index (κ3) is 3.55. The molecule has 1 saturated heterocycles. The molecule has 1 aromatic heterocycles. The molecule has 22 heavy (non-hydrogen) atoms. The lowest BCUT2D eigenvalue weighted by atomic mass is 9.99. The largest absolute Gasteiger partial charge is 0.444 e. The van der Waals surface area contributed by atoms with Crippen LogP contribution < -0.4 is 0 Å². The second kappa shape index (κ2) is 5.58. The summed E-state index contributed by atoms with van der Waals surface area (Å²) in [6.07, 6.45) is 0.944. The van der Waals surface area contributed by atoms with E-state index in [0.29, 0.717) is 19.6 Å². The Bertz CT molecular complexity index is 547. The van der Waals surface area contributed by atoms with E-state index in [1.165, 1.54) is 6.33 Å². The Morgan fingerprint density at radius 1 is 1.32 bits per heavy atom. The molecule has 8 nitrogen and oxygen atoms in total. The maximum atomic E-state index is 12.3. The first kappa shape index (κ1) is 16.3. The molecule has 0 radical (unpaired) electrons. The Morgan fingerprint density at radius 2 is 2.00 bits per heavy atom. The molecule has 1 N–H and O–H groups in total. The fraction of sp³-hybridized carbons (Fsp3) is 0.714. The maximum absolute atomic E-state index is 12.3. The van der Waals surface area contributed by atoms with Crippen LogP contribution in [-0.4, -0.2) is 67.8 Å². The van der Waals surface area contributed by atoms with E-state index in [0.717, 1.165) is 0 Å². The van der Waals surface area contributed by atoms with Crippen molar-refractivity contribution in [2.75, 3.05) is 19.6 Å². The fourth-order valence-electron chi connectivity index (χ4n) is 2.44. The molecular formula is C14H23N5O3. The molecule has 0 bridgehead atoms. The number of rotatable bonds is 1. The van der Waals surface area contributed by atoms with Gasteiger partial charge >= 0.3 is 6.09 Å². The Morgan fingerprint density at radius 3 is 2.50 bits per heavy atom. The van der Waals surface area contributed by atoms with E-state index < -0.39 is 11.1 Å². The summed E-state index contributed by atoms with van der Waals surface area (Å²) in [6.45, 7) is 10.6. The summed E-state index contributed by atoms with van der Waals surface area (Å²) in [4.78, 5) is 31.8. The van der Waals surface area contributed by atoms with E-state index in [1.54, 1.807) is 9.80 Å². The molecule has 0 aliphatic carbocycles. The van der Waals surface area contributed by atoms with Crippen LogP contribution >= 0.6 is 0 Å². The SMILES string of the molecule is CC(C)(C)OC(=O)N1CCN(C(=O)c2ncn[nH]2)CC1(C)C. The number of nitrogens with one attached hydrogen (secondary N) is 1. The average Bonchev–Trinajstić information content (AvgIpc) is 2.87. The van der Waals surface area contributed by atoms with E-state index in [-0.39, 0.29) is 17.8 Å². The van der Waals surface area contributed by atoms with Gasteiger partial charge in [-0.15, -0.1) is 0 Å². The highest BCUT2D eigenvalue weighted by Crippen LogP contribution is 2.24. The van der Waals surface area contributed by atoms with Crippen LogP contribution in [0.1, 0.15) is 45.2 Å². The van der Waals surface area contributed by atoms with Crippen LogP contribution in [0.2, 0.25) is 0 Å². The molecule has 1 aliphatic rings. The predicted octanol–water partition coefficient (Wildman–Crippen LogP) is 1.28. The quantitative estimate of drug-likeness (QED) is 0.843. The monoisotopic (exact) mass is 309 g/mol. The van der Waals surface area contributed by atoms with Crippen molar-refractivity contribution in [1.29, 1.82) is 0 Å². The molecule has 1 fully saturated rings. The number of H-pyrrole nitrogens is 1. The van der Waals surface area contributed by atoms with Gasteiger partial charge < -0.3 is 9.64 Å². The second-order valence-corrected chi connectivity index (χ2v) is 7.01. The number of hydrogen-bond acceptors (Lipinski definition) is 5. The molecule has 0 saturated carbocycles. The van der Waals surface area contributed by atoms with Crippen LogP contribution in [0.4, 0.5) is 4.79 Å². The average molecular weight is 309 g/mol. The van der Waals surface area contributed by atoms with Gasteiger partial charge in [-0.1, -0.05) is 0 Å². The number of ether oxygens (including phenoxy) is 1. The van der Waals surface area contributed by atoms with Crippen LogP contribution in [0.5, 0.6) is 0 Å². The van der Waals surface area contributed by atoms with Crippen LogP contribution in [0, 0.1) is 0 Å². The number of carbonyl (C=O) groups is 2. The van der Waals surface area contributed by atoms with E-state index in [9.17, 15) is 9.59 Å². The summed E-state index contributed by atoms with van der Waals surface area (Å²) in [7, 11) is 0. The van der Waals surface area contributed by atoms with Gasteiger partial charge in [0.15, 0.2) is 0 Å². The number of nitrogens with zero attached hydrogens (tertiary/aromatic N) is 4. The number of carbonyl (C=O) groups excluding carboxylic acids is 2. The Hall–Kier alpha value is -2.12. The van der Waals surface area contributed by atoms with Gasteiger partial charge in [0.1, 0.15) is 11.9 Å². The van der Waals surface area contributed by atoms with Gasteiger partial charge in [0, 0.05) is 19.6 Å². The highest BCUT2D eigenvalue weighted by Gasteiger charge is 2.40. The normalized spacial score (nSPS) is 18.2. The minimum atomic E-state index is -0.542. The molecule has 1 aromatic rings. The fourth-order valence-corrected chi connectivity index (χ4v) is 2.44. The predicted molar refractivity (Wildman–Crippen MR) is 79.3 cm³/mol. The second-order valence-electron chi connectivity index (χ2n) is 7.01. The number of aromatic amines is 1. The van der Waals surface area contributed by atoms with Crippen molar-refractivity contribution >= 4 is 12.0 Å². The molecule has 8 heteroatoms. The molecule has 0 spiro atoms. The topological polar surface area (TPSA) is 91.4 Å². The molecule has 0 aromatic carbocycles. The van der Waals surface area contributed by atoms with Crippen LogP contribution in [-0.2, 0) is 4.74 Å². The van der Waals surface area contributed by atoms with Crippen LogP contribution in [0.15, 0.2) is 6.33 Å². The lowest BCUT2D eigenvalue weighted by molar-refractivity contribution is -0.0204. The zero-order valence-corrected chi connectivity index (χ0v) is 13.7. The van der Waals surface area contributed by atoms with Gasteiger partial charge in [-0.05, 0) is 34.6 Å². The van der Waals surface area contributed by atoms with Gasteiger partial charge in [-0.3, -0.25) is 14.8 Å². The molecule has 2 rings (SSSR count). The van der Waals surface area contributed by atoms with E-state index in [4.69, 9.17) is 4.74 Å². The molecule has 2 heterocycles. The zero-order chi connectivity index (χ0) is 16.5. The molecular weight excluding hydrogens is 286 g/mol. The minimum absolute atomic E-state index is 0.210. The van der Waals surface area contributed by atoms with E-state index in [2.05, 4.69) is 15.2 Å². The third-order valence-corrected chi connectivity index (χ3v) is 3.42. The minimum Gasteiger partial charge on any atom is -0.444 e. The Balaban J connectivity index is 2.06. The molecule has 0 atom stereocenters. The van der Waals surface area contributed by atoms with Crippen molar-refractivity contribution in [1.82, 2.24) is 25.0 Å². The van der Waals surface area contributed by atoms with Crippen LogP contribution in [0.25, 0.3) is 0 Å². The van der Waals surface area contributed by atoms with Crippen molar-refractivity contribution < 1.29 is 14.3 Å². The van der Waals surface area contributed by atoms with Gasteiger partial charge in [0.2, 0.25) is 5.82 Å². The Labute approximate surface area is 129 Å².